The summed E-state index contributed by atoms with van der Waals surface area (Å²) in [5, 5.41) is 10.6. The first kappa shape index (κ1) is 12.6. The molecule has 2 atom stereocenters. The van der Waals surface area contributed by atoms with Gasteiger partial charge in [0, 0.05) is 6.42 Å². The van der Waals surface area contributed by atoms with Gasteiger partial charge in [-0.1, -0.05) is 0 Å². The predicted octanol–water partition coefficient (Wildman–Crippen LogP) is -1.21. The van der Waals surface area contributed by atoms with Crippen LogP contribution in [-0.2, 0) is 14.4 Å². The molecule has 14 heavy (non-hydrogen) atoms. The average molecular weight is 201 g/mol. The van der Waals surface area contributed by atoms with Gasteiger partial charge in [-0.2, -0.15) is 0 Å². The fourth-order valence-electron chi connectivity index (χ4n) is 0.732. The molecule has 6 nitrogen and oxygen atoms in total. The van der Waals surface area contributed by atoms with Gasteiger partial charge in [-0.3, -0.25) is 14.4 Å². The van der Waals surface area contributed by atoms with Crippen molar-refractivity contribution in [2.75, 3.05) is 0 Å². The van der Waals surface area contributed by atoms with Gasteiger partial charge >= 0.3 is 5.97 Å². The highest BCUT2D eigenvalue weighted by atomic mass is 16.4. The van der Waals surface area contributed by atoms with E-state index in [1.165, 1.54) is 6.92 Å². The van der Waals surface area contributed by atoms with Crippen molar-refractivity contribution in [3.05, 3.63) is 0 Å². The summed E-state index contributed by atoms with van der Waals surface area (Å²) >= 11 is 0. The van der Waals surface area contributed by atoms with Crippen LogP contribution >= 0.6 is 0 Å². The van der Waals surface area contributed by atoms with Crippen LogP contribution in [0.5, 0.6) is 0 Å². The summed E-state index contributed by atoms with van der Waals surface area (Å²) in [5.41, 5.74) is 5.24. The Morgan fingerprint density at radius 3 is 2.50 bits per heavy atom. The number of carboxylic acid groups (broad SMARTS) is 1. The molecule has 0 fully saturated rings. The van der Waals surface area contributed by atoms with Crippen LogP contribution in [-0.4, -0.2) is 35.4 Å². The monoisotopic (exact) mass is 201 g/mol. The molecule has 0 aromatic carbocycles. The molecular weight excluding hydrogens is 188 g/mol. The first-order valence-electron chi connectivity index (χ1n) is 4.12. The smallest absolute Gasteiger partial charge is 0.303 e. The molecule has 0 unspecified atom stereocenters. The van der Waals surface area contributed by atoms with Crippen molar-refractivity contribution in [1.29, 1.82) is 0 Å². The lowest BCUT2D eigenvalue weighted by atomic mass is 10.1. The summed E-state index contributed by atoms with van der Waals surface area (Å²) < 4.78 is 0. The van der Waals surface area contributed by atoms with E-state index in [1.807, 2.05) is 0 Å². The van der Waals surface area contributed by atoms with Crippen LogP contribution in [0.25, 0.3) is 0 Å². The summed E-state index contributed by atoms with van der Waals surface area (Å²) in [6.07, 6.45) is 1.37. The van der Waals surface area contributed by atoms with Gasteiger partial charge < -0.3 is 16.2 Å². The van der Waals surface area contributed by atoms with E-state index in [-0.39, 0.29) is 12.8 Å². The lowest BCUT2D eigenvalue weighted by molar-refractivity contribution is -0.137. The maximum Gasteiger partial charge on any atom is 0.303 e. The van der Waals surface area contributed by atoms with Gasteiger partial charge in [0.1, 0.15) is 0 Å². The highest BCUT2D eigenvalue weighted by molar-refractivity contribution is 5.84. The third kappa shape index (κ3) is 5.26. The summed E-state index contributed by atoms with van der Waals surface area (Å²) in [5.74, 6) is -1.52. The SMILES string of the molecule is C[C@@H](N)C(=O)N[C@H]([C]=O)CCC(=O)O. The Labute approximate surface area is 81.5 Å². The Morgan fingerprint density at radius 2 is 2.14 bits per heavy atom. The minimum atomic E-state index is -1.03. The molecule has 1 radical (unpaired) electrons. The molecule has 0 saturated carbocycles. The zero-order valence-corrected chi connectivity index (χ0v) is 7.82. The number of rotatable bonds is 6. The van der Waals surface area contributed by atoms with E-state index in [2.05, 4.69) is 5.32 Å². The van der Waals surface area contributed by atoms with Gasteiger partial charge in [-0.05, 0) is 13.3 Å². The zero-order chi connectivity index (χ0) is 11.1. The van der Waals surface area contributed by atoms with Crippen molar-refractivity contribution in [1.82, 2.24) is 5.32 Å². The number of nitrogens with two attached hydrogens (primary N) is 1. The molecule has 0 aliphatic heterocycles. The van der Waals surface area contributed by atoms with Crippen LogP contribution in [0, 0.1) is 0 Å². The summed E-state index contributed by atoms with van der Waals surface area (Å²) in [6, 6.07) is -1.62. The molecule has 1 amide bonds. The first-order valence-corrected chi connectivity index (χ1v) is 4.12. The Balaban J connectivity index is 3.96. The number of carbonyl (C=O) groups is 2. The summed E-state index contributed by atoms with van der Waals surface area (Å²) in [6.45, 7) is 1.47. The second-order valence-corrected chi connectivity index (χ2v) is 2.90. The van der Waals surface area contributed by atoms with Gasteiger partial charge in [0.2, 0.25) is 12.2 Å². The normalized spacial score (nSPS) is 14.1. The maximum atomic E-state index is 11.0. The molecule has 0 aromatic rings. The second-order valence-electron chi connectivity index (χ2n) is 2.90. The number of carbonyl (C=O) groups excluding carboxylic acids is 2. The topological polar surface area (TPSA) is 109 Å². The number of hydrogen-bond acceptors (Lipinski definition) is 4. The molecule has 0 spiro atoms. The fourth-order valence-corrected chi connectivity index (χ4v) is 0.732. The van der Waals surface area contributed by atoms with E-state index < -0.39 is 24.0 Å². The highest BCUT2D eigenvalue weighted by Gasteiger charge is 2.15. The second kappa shape index (κ2) is 6.09. The van der Waals surface area contributed by atoms with Gasteiger partial charge in [-0.25, -0.2) is 0 Å². The maximum absolute atomic E-state index is 11.0. The van der Waals surface area contributed by atoms with Crippen LogP contribution in [0.2, 0.25) is 0 Å². The minimum absolute atomic E-state index is 0.0251. The number of aliphatic carboxylic acids is 1. The van der Waals surface area contributed by atoms with Crippen molar-refractivity contribution < 1.29 is 19.5 Å². The van der Waals surface area contributed by atoms with E-state index in [4.69, 9.17) is 10.8 Å². The lowest BCUT2D eigenvalue weighted by Gasteiger charge is -2.12. The van der Waals surface area contributed by atoms with Crippen LogP contribution in [0.1, 0.15) is 19.8 Å². The third-order valence-corrected chi connectivity index (χ3v) is 1.52. The van der Waals surface area contributed by atoms with Crippen LogP contribution in [0.15, 0.2) is 0 Å². The summed E-state index contributed by atoms with van der Waals surface area (Å²) in [7, 11) is 0. The average Bonchev–Trinajstić information content (AvgIpc) is 2.11. The predicted molar refractivity (Wildman–Crippen MR) is 48.1 cm³/mol. The van der Waals surface area contributed by atoms with Crippen molar-refractivity contribution in [2.24, 2.45) is 5.73 Å². The molecule has 0 aliphatic carbocycles. The molecule has 0 heterocycles. The zero-order valence-electron chi connectivity index (χ0n) is 7.82. The Kier molecular flexibility index (Phi) is 5.47. The van der Waals surface area contributed by atoms with Gasteiger partial charge in [0.15, 0.2) is 0 Å². The first-order chi connectivity index (χ1) is 6.47. The largest absolute Gasteiger partial charge is 0.481 e. The molecule has 0 bridgehead atoms. The molecule has 79 valence electrons. The fraction of sp³-hybridized carbons (Fsp3) is 0.625. The van der Waals surface area contributed by atoms with Crippen molar-refractivity contribution in [3.63, 3.8) is 0 Å². The molecular formula is C8H13N2O4. The van der Waals surface area contributed by atoms with Gasteiger partial charge in [-0.15, -0.1) is 0 Å². The number of carboxylic acids is 1. The van der Waals surface area contributed by atoms with Crippen LogP contribution in [0.4, 0.5) is 0 Å². The third-order valence-electron chi connectivity index (χ3n) is 1.52. The van der Waals surface area contributed by atoms with Crippen molar-refractivity contribution >= 4 is 18.2 Å². The molecule has 0 aromatic heterocycles. The Bertz CT molecular complexity index is 227. The van der Waals surface area contributed by atoms with E-state index in [0.717, 1.165) is 0 Å². The van der Waals surface area contributed by atoms with Crippen molar-refractivity contribution in [3.8, 4) is 0 Å². The standard InChI is InChI=1S/C8H13N2O4/c1-5(9)8(14)10-6(4-11)2-3-7(12)13/h5-6H,2-3,9H2,1H3,(H,10,14)(H,12,13)/t5-,6+/m1/s1. The minimum Gasteiger partial charge on any atom is -0.481 e. The van der Waals surface area contributed by atoms with Gasteiger partial charge in [0.25, 0.3) is 0 Å². The number of amides is 1. The quantitative estimate of drug-likeness (QED) is 0.499. The van der Waals surface area contributed by atoms with Crippen LogP contribution in [0.3, 0.4) is 0 Å². The Hall–Kier alpha value is -1.43. The highest BCUT2D eigenvalue weighted by Crippen LogP contribution is 1.95. The number of nitrogens with one attached hydrogen (secondary N) is 1. The van der Waals surface area contributed by atoms with Crippen molar-refractivity contribution in [2.45, 2.75) is 31.8 Å². The van der Waals surface area contributed by atoms with Crippen LogP contribution < -0.4 is 11.1 Å². The van der Waals surface area contributed by atoms with E-state index in [0.29, 0.717) is 0 Å². The lowest BCUT2D eigenvalue weighted by Crippen LogP contribution is -2.44. The number of hydrogen-bond donors (Lipinski definition) is 3. The Morgan fingerprint density at radius 1 is 1.57 bits per heavy atom. The van der Waals surface area contributed by atoms with E-state index >= 15 is 0 Å². The molecule has 6 heteroatoms. The molecule has 0 rings (SSSR count). The van der Waals surface area contributed by atoms with Gasteiger partial charge in [0.05, 0.1) is 12.1 Å². The molecule has 0 aliphatic rings. The molecule has 4 N–H and O–H groups in total. The van der Waals surface area contributed by atoms with E-state index in [1.54, 1.807) is 6.29 Å². The molecule has 0 saturated heterocycles. The summed E-state index contributed by atoms with van der Waals surface area (Å²) in [4.78, 5) is 31.5. The van der Waals surface area contributed by atoms with E-state index in [9.17, 15) is 14.4 Å².